The molecule has 35 heavy (non-hydrogen) atoms. The van der Waals surface area contributed by atoms with Crippen LogP contribution in [-0.4, -0.2) is 60.8 Å². The van der Waals surface area contributed by atoms with Gasteiger partial charge in [0.15, 0.2) is 11.5 Å². The number of nitrogens with one attached hydrogen (secondary N) is 1. The van der Waals surface area contributed by atoms with E-state index in [4.69, 9.17) is 14.2 Å². The van der Waals surface area contributed by atoms with Gasteiger partial charge in [-0.05, 0) is 57.3 Å². The molecule has 0 bridgehead atoms. The molecular formula is C27H34N4O4. The minimum Gasteiger partial charge on any atom is -0.493 e. The van der Waals surface area contributed by atoms with E-state index in [1.54, 1.807) is 13.4 Å². The fourth-order valence-electron chi connectivity index (χ4n) is 4.39. The number of nitrogens with zero attached hydrogens (tertiary/aromatic N) is 3. The van der Waals surface area contributed by atoms with Gasteiger partial charge in [0.25, 0.3) is 0 Å². The van der Waals surface area contributed by atoms with Crippen molar-refractivity contribution in [2.45, 2.75) is 32.7 Å². The number of carbonyl (C=O) groups is 1. The maximum Gasteiger partial charge on any atom is 0.320 e. The standard InChI is InChI=1S/C27H34N4O4/c1-4-34-26(32)16-31-12-10-20(11-13-31)17-35-25-14-22-23(15-24(25)33-3)28-18-29-27(22)30-19(2)21-8-6-5-7-9-21/h5-9,14-15,18-20H,4,10-13,16-17H2,1-3H3,(H,28,29,30). The van der Waals surface area contributed by atoms with Gasteiger partial charge in [-0.2, -0.15) is 0 Å². The van der Waals surface area contributed by atoms with Gasteiger partial charge in [-0.15, -0.1) is 0 Å². The molecule has 0 saturated carbocycles. The van der Waals surface area contributed by atoms with Crippen molar-refractivity contribution in [3.63, 3.8) is 0 Å². The zero-order valence-electron chi connectivity index (χ0n) is 20.7. The van der Waals surface area contributed by atoms with Crippen molar-refractivity contribution in [1.82, 2.24) is 14.9 Å². The molecule has 8 heteroatoms. The Balaban J connectivity index is 1.43. The van der Waals surface area contributed by atoms with Crippen molar-refractivity contribution in [2.24, 2.45) is 5.92 Å². The van der Waals surface area contributed by atoms with Crippen LogP contribution in [0.2, 0.25) is 0 Å². The number of esters is 1. The molecular weight excluding hydrogens is 444 g/mol. The number of aromatic nitrogens is 2. The number of hydrogen-bond donors (Lipinski definition) is 1. The van der Waals surface area contributed by atoms with Gasteiger partial charge in [0.1, 0.15) is 12.1 Å². The number of piperidine rings is 1. The van der Waals surface area contributed by atoms with Gasteiger partial charge >= 0.3 is 5.97 Å². The first kappa shape index (κ1) is 24.7. The van der Waals surface area contributed by atoms with Crippen LogP contribution in [0.5, 0.6) is 11.5 Å². The highest BCUT2D eigenvalue weighted by molar-refractivity contribution is 5.91. The zero-order chi connectivity index (χ0) is 24.6. The second-order valence-electron chi connectivity index (χ2n) is 8.85. The molecule has 186 valence electrons. The van der Waals surface area contributed by atoms with Crippen LogP contribution in [0.4, 0.5) is 5.82 Å². The summed E-state index contributed by atoms with van der Waals surface area (Å²) < 4.78 is 16.9. The number of hydrogen-bond acceptors (Lipinski definition) is 8. The third kappa shape index (κ3) is 6.39. The maximum absolute atomic E-state index is 11.7. The molecule has 2 heterocycles. The van der Waals surface area contributed by atoms with Crippen LogP contribution >= 0.6 is 0 Å². The molecule has 2 aromatic carbocycles. The van der Waals surface area contributed by atoms with Gasteiger partial charge in [-0.1, -0.05) is 30.3 Å². The minimum absolute atomic E-state index is 0.0839. The van der Waals surface area contributed by atoms with Crippen LogP contribution in [0.25, 0.3) is 10.9 Å². The van der Waals surface area contributed by atoms with Crippen LogP contribution in [-0.2, 0) is 9.53 Å². The fraction of sp³-hybridized carbons (Fsp3) is 0.444. The molecule has 1 unspecified atom stereocenters. The van der Waals surface area contributed by atoms with Crippen molar-refractivity contribution >= 4 is 22.7 Å². The van der Waals surface area contributed by atoms with Crippen LogP contribution in [0.15, 0.2) is 48.8 Å². The second kappa shape index (κ2) is 11.8. The highest BCUT2D eigenvalue weighted by atomic mass is 16.5. The van der Waals surface area contributed by atoms with Gasteiger partial charge in [0, 0.05) is 17.5 Å². The summed E-state index contributed by atoms with van der Waals surface area (Å²) in [5.74, 6) is 2.34. The third-order valence-electron chi connectivity index (χ3n) is 6.41. The molecule has 0 aliphatic carbocycles. The Bertz CT molecular complexity index is 1120. The smallest absolute Gasteiger partial charge is 0.320 e. The summed E-state index contributed by atoms with van der Waals surface area (Å²) in [5.41, 5.74) is 1.97. The first-order valence-corrected chi connectivity index (χ1v) is 12.2. The average Bonchev–Trinajstić information content (AvgIpc) is 2.88. The van der Waals surface area contributed by atoms with Crippen molar-refractivity contribution < 1.29 is 19.0 Å². The number of ether oxygens (including phenoxy) is 3. The first-order valence-electron chi connectivity index (χ1n) is 12.2. The molecule has 1 saturated heterocycles. The van der Waals surface area contributed by atoms with Gasteiger partial charge in [-0.25, -0.2) is 9.97 Å². The van der Waals surface area contributed by atoms with E-state index in [0.717, 1.165) is 42.7 Å². The fourth-order valence-corrected chi connectivity index (χ4v) is 4.39. The Morgan fingerprint density at radius 2 is 1.91 bits per heavy atom. The van der Waals surface area contributed by atoms with E-state index in [0.29, 0.717) is 37.2 Å². The number of methoxy groups -OCH3 is 1. The predicted octanol–water partition coefficient (Wildman–Crippen LogP) is 4.47. The topological polar surface area (TPSA) is 85.8 Å². The second-order valence-corrected chi connectivity index (χ2v) is 8.85. The van der Waals surface area contributed by atoms with Gasteiger partial charge in [0.2, 0.25) is 0 Å². The summed E-state index contributed by atoms with van der Waals surface area (Å²) in [7, 11) is 1.64. The molecule has 1 aromatic heterocycles. The number of benzene rings is 2. The molecule has 0 radical (unpaired) electrons. The molecule has 4 rings (SSSR count). The van der Waals surface area contributed by atoms with E-state index < -0.39 is 0 Å². The summed E-state index contributed by atoms with van der Waals surface area (Å²) >= 11 is 0. The Labute approximate surface area is 206 Å². The van der Waals surface area contributed by atoms with Crippen molar-refractivity contribution in [1.29, 1.82) is 0 Å². The Hall–Kier alpha value is -3.39. The SMILES string of the molecule is CCOC(=O)CN1CCC(COc2cc3c(NC(C)c4ccccc4)ncnc3cc2OC)CC1. The molecule has 8 nitrogen and oxygen atoms in total. The number of anilines is 1. The molecule has 1 N–H and O–H groups in total. The summed E-state index contributed by atoms with van der Waals surface area (Å²) in [4.78, 5) is 22.8. The van der Waals surface area contributed by atoms with E-state index in [-0.39, 0.29) is 12.0 Å². The number of likely N-dealkylation sites (tertiary alicyclic amines) is 1. The first-order chi connectivity index (χ1) is 17.1. The molecule has 0 spiro atoms. The van der Waals surface area contributed by atoms with Crippen molar-refractivity contribution in [2.75, 3.05) is 45.3 Å². The number of carbonyl (C=O) groups excluding carboxylic acids is 1. The lowest BCUT2D eigenvalue weighted by molar-refractivity contribution is -0.144. The monoisotopic (exact) mass is 478 g/mol. The van der Waals surface area contributed by atoms with E-state index in [9.17, 15) is 4.79 Å². The Morgan fingerprint density at radius 1 is 1.14 bits per heavy atom. The van der Waals surface area contributed by atoms with Gasteiger partial charge in [-0.3, -0.25) is 9.69 Å². The van der Waals surface area contributed by atoms with Gasteiger partial charge < -0.3 is 19.5 Å². The zero-order valence-corrected chi connectivity index (χ0v) is 20.7. The molecule has 1 aliphatic rings. The van der Waals surface area contributed by atoms with Gasteiger partial charge in [0.05, 0.1) is 32.4 Å². The molecule has 1 fully saturated rings. The van der Waals surface area contributed by atoms with Crippen molar-refractivity contribution in [3.05, 3.63) is 54.4 Å². The largest absolute Gasteiger partial charge is 0.493 e. The predicted molar refractivity (Wildman–Crippen MR) is 136 cm³/mol. The van der Waals surface area contributed by atoms with Crippen LogP contribution in [0.3, 0.4) is 0 Å². The number of fused-ring (bicyclic) bond motifs is 1. The van der Waals surface area contributed by atoms with Crippen molar-refractivity contribution in [3.8, 4) is 11.5 Å². The van der Waals surface area contributed by atoms with E-state index in [2.05, 4.69) is 39.2 Å². The van der Waals surface area contributed by atoms with Crippen LogP contribution in [0.1, 0.15) is 38.3 Å². The van der Waals surface area contributed by atoms with Crippen LogP contribution < -0.4 is 14.8 Å². The highest BCUT2D eigenvalue weighted by Crippen LogP contribution is 2.35. The summed E-state index contributed by atoms with van der Waals surface area (Å²) in [6.45, 7) is 7.03. The normalized spacial score (nSPS) is 15.5. The minimum atomic E-state index is -0.156. The van der Waals surface area contributed by atoms with E-state index in [1.807, 2.05) is 37.3 Å². The molecule has 3 aromatic rings. The Kier molecular flexibility index (Phi) is 8.36. The lowest BCUT2D eigenvalue weighted by atomic mass is 9.98. The molecule has 1 aliphatic heterocycles. The molecule has 1 atom stereocenters. The van der Waals surface area contributed by atoms with E-state index >= 15 is 0 Å². The quantitative estimate of drug-likeness (QED) is 0.428. The highest BCUT2D eigenvalue weighted by Gasteiger charge is 2.22. The van der Waals surface area contributed by atoms with Crippen LogP contribution in [0, 0.1) is 5.92 Å². The average molecular weight is 479 g/mol. The summed E-state index contributed by atoms with van der Waals surface area (Å²) in [6.07, 6.45) is 3.51. The Morgan fingerprint density at radius 3 is 2.63 bits per heavy atom. The molecule has 0 amide bonds. The lowest BCUT2D eigenvalue weighted by Gasteiger charge is -2.31. The van der Waals surface area contributed by atoms with E-state index in [1.165, 1.54) is 5.56 Å². The summed E-state index contributed by atoms with van der Waals surface area (Å²) in [6, 6.07) is 14.2. The lowest BCUT2D eigenvalue weighted by Crippen LogP contribution is -2.39. The number of rotatable bonds is 10. The summed E-state index contributed by atoms with van der Waals surface area (Å²) in [5, 5.41) is 4.39. The maximum atomic E-state index is 11.7. The third-order valence-corrected chi connectivity index (χ3v) is 6.41.